The van der Waals surface area contributed by atoms with Crippen molar-refractivity contribution in [2.24, 2.45) is 0 Å². The molecule has 5 rings (SSSR count). The number of piperidine rings is 1. The molecule has 6 nitrogen and oxygen atoms in total. The molecule has 4 aromatic carbocycles. The number of halogens is 2. The first-order chi connectivity index (χ1) is 20.4. The average molecular weight is 596 g/mol. The molecular formula is C34H28Cl2N4O2. The van der Waals surface area contributed by atoms with Crippen LogP contribution in [-0.2, 0) is 21.7 Å². The van der Waals surface area contributed by atoms with E-state index < -0.39 is 5.60 Å². The van der Waals surface area contributed by atoms with E-state index in [1.54, 1.807) is 24.3 Å². The molecule has 210 valence electrons. The average Bonchev–Trinajstić information content (AvgIpc) is 3.01. The van der Waals surface area contributed by atoms with E-state index >= 15 is 0 Å². The minimum absolute atomic E-state index is 0.145. The summed E-state index contributed by atoms with van der Waals surface area (Å²) in [6, 6.07) is 32.7. The molecule has 8 heteroatoms. The van der Waals surface area contributed by atoms with E-state index in [0.29, 0.717) is 46.2 Å². The fourth-order valence-corrected chi connectivity index (χ4v) is 5.88. The summed E-state index contributed by atoms with van der Waals surface area (Å²) in [5.41, 5.74) is 5.04. The maximum atomic E-state index is 12.9. The zero-order valence-electron chi connectivity index (χ0n) is 22.8. The van der Waals surface area contributed by atoms with Gasteiger partial charge in [0.1, 0.15) is 6.61 Å². The van der Waals surface area contributed by atoms with E-state index in [-0.39, 0.29) is 12.5 Å². The van der Waals surface area contributed by atoms with Crippen molar-refractivity contribution in [1.82, 2.24) is 4.90 Å². The number of amides is 1. The molecule has 1 N–H and O–H groups in total. The number of carbonyl (C=O) groups excluding carboxylic acids is 1. The summed E-state index contributed by atoms with van der Waals surface area (Å²) in [7, 11) is 0. The normalized spacial score (nSPS) is 14.5. The second-order valence-corrected chi connectivity index (χ2v) is 11.2. The van der Waals surface area contributed by atoms with E-state index in [2.05, 4.69) is 22.4 Å². The summed E-state index contributed by atoms with van der Waals surface area (Å²) in [6.45, 7) is 1.99. The second-order valence-electron chi connectivity index (χ2n) is 10.3. The fraction of sp³-hybridized carbons (Fsp3) is 0.206. The van der Waals surface area contributed by atoms with Gasteiger partial charge in [-0.05, 0) is 71.5 Å². The van der Waals surface area contributed by atoms with Crippen molar-refractivity contribution in [1.29, 1.82) is 10.5 Å². The van der Waals surface area contributed by atoms with Crippen LogP contribution in [0.2, 0.25) is 10.0 Å². The fourth-order valence-electron chi connectivity index (χ4n) is 5.36. The van der Waals surface area contributed by atoms with Gasteiger partial charge in [0.2, 0.25) is 5.91 Å². The smallest absolute Gasteiger partial charge is 0.250 e. The molecule has 0 radical (unpaired) electrons. The van der Waals surface area contributed by atoms with Gasteiger partial charge in [0.25, 0.3) is 0 Å². The molecule has 0 spiro atoms. The number of benzene rings is 4. The molecule has 1 amide bonds. The highest BCUT2D eigenvalue weighted by Gasteiger charge is 2.38. The topological polar surface area (TPSA) is 89.2 Å². The molecular weight excluding hydrogens is 567 g/mol. The lowest BCUT2D eigenvalue weighted by Gasteiger charge is -2.42. The maximum absolute atomic E-state index is 12.9. The van der Waals surface area contributed by atoms with Gasteiger partial charge >= 0.3 is 0 Å². The van der Waals surface area contributed by atoms with Crippen molar-refractivity contribution < 1.29 is 9.53 Å². The van der Waals surface area contributed by atoms with Gasteiger partial charge in [-0.3, -0.25) is 9.69 Å². The van der Waals surface area contributed by atoms with E-state index in [4.69, 9.17) is 27.9 Å². The number of carbonyl (C=O) groups is 1. The number of nitrogens with zero attached hydrogens (tertiary/aromatic N) is 3. The molecule has 1 aliphatic heterocycles. The monoisotopic (exact) mass is 594 g/mol. The van der Waals surface area contributed by atoms with Gasteiger partial charge in [-0.1, -0.05) is 77.8 Å². The number of hydrogen-bond acceptors (Lipinski definition) is 5. The highest BCUT2D eigenvalue weighted by atomic mass is 35.5. The van der Waals surface area contributed by atoms with Gasteiger partial charge in [-0.25, -0.2) is 0 Å². The zero-order chi connectivity index (χ0) is 29.5. The van der Waals surface area contributed by atoms with Crippen molar-refractivity contribution in [3.8, 4) is 23.3 Å². The number of ether oxygens (including phenoxy) is 1. The van der Waals surface area contributed by atoms with Crippen LogP contribution in [0.25, 0.3) is 11.1 Å². The largest absolute Gasteiger partial charge is 0.360 e. The Balaban J connectivity index is 1.35. The number of likely N-dealkylation sites (tertiary alicyclic amines) is 1. The van der Waals surface area contributed by atoms with Gasteiger partial charge in [0, 0.05) is 35.4 Å². The summed E-state index contributed by atoms with van der Waals surface area (Å²) < 4.78 is 6.48. The van der Waals surface area contributed by atoms with Gasteiger partial charge in [0.05, 0.1) is 28.9 Å². The van der Waals surface area contributed by atoms with E-state index in [1.807, 2.05) is 66.7 Å². The molecule has 42 heavy (non-hydrogen) atoms. The molecule has 0 aliphatic carbocycles. The highest BCUT2D eigenvalue weighted by molar-refractivity contribution is 6.35. The van der Waals surface area contributed by atoms with Crippen LogP contribution in [0.1, 0.15) is 35.1 Å². The summed E-state index contributed by atoms with van der Waals surface area (Å²) >= 11 is 12.2. The molecule has 0 bridgehead atoms. The van der Waals surface area contributed by atoms with Gasteiger partial charge in [-0.15, -0.1) is 0 Å². The standard InChI is InChI=1S/C34H28Cl2N4O2/c35-30-17-31(36)19-32(18-30)39-33(41)23-42-34(12-14-40(15-13-34)22-28-6-2-1-5-27(28)21-38)29-10-8-25(9-11-29)26-7-3-4-24(16-26)20-37/h1-11,16-19H,12-15,22-23H2,(H,39,41). The minimum atomic E-state index is -0.679. The second kappa shape index (κ2) is 13.2. The van der Waals surface area contributed by atoms with Crippen LogP contribution in [0.3, 0.4) is 0 Å². The van der Waals surface area contributed by atoms with Crippen LogP contribution in [0.5, 0.6) is 0 Å². The van der Waals surface area contributed by atoms with Crippen LogP contribution in [0.15, 0.2) is 91.0 Å². The van der Waals surface area contributed by atoms with Crippen molar-refractivity contribution in [2.45, 2.75) is 25.0 Å². The van der Waals surface area contributed by atoms with Crippen LogP contribution in [-0.4, -0.2) is 30.5 Å². The molecule has 4 aromatic rings. The molecule has 0 unspecified atom stereocenters. The number of nitrogens with one attached hydrogen (secondary N) is 1. The summed E-state index contributed by atoms with van der Waals surface area (Å²) in [5, 5.41) is 22.5. The molecule has 0 atom stereocenters. The summed E-state index contributed by atoms with van der Waals surface area (Å²) in [6.07, 6.45) is 1.34. The van der Waals surface area contributed by atoms with E-state index in [1.165, 1.54) is 0 Å². The Kier molecular flexibility index (Phi) is 9.22. The van der Waals surface area contributed by atoms with Gasteiger partial charge in [-0.2, -0.15) is 10.5 Å². The Labute approximate surface area is 255 Å². The van der Waals surface area contributed by atoms with Gasteiger partial charge in [0.15, 0.2) is 0 Å². The van der Waals surface area contributed by atoms with Crippen molar-refractivity contribution in [3.05, 3.63) is 123 Å². The molecule has 0 saturated carbocycles. The van der Waals surface area contributed by atoms with Crippen LogP contribution < -0.4 is 5.32 Å². The van der Waals surface area contributed by atoms with Crippen LogP contribution in [0, 0.1) is 22.7 Å². The van der Waals surface area contributed by atoms with E-state index in [0.717, 1.165) is 35.3 Å². The molecule has 1 fully saturated rings. The third-order valence-corrected chi connectivity index (χ3v) is 7.99. The van der Waals surface area contributed by atoms with Crippen molar-refractivity contribution >= 4 is 34.8 Å². The lowest BCUT2D eigenvalue weighted by molar-refractivity contribution is -0.135. The number of hydrogen-bond donors (Lipinski definition) is 1. The van der Waals surface area contributed by atoms with Crippen molar-refractivity contribution in [3.63, 3.8) is 0 Å². The third-order valence-electron chi connectivity index (χ3n) is 7.56. The van der Waals surface area contributed by atoms with Crippen LogP contribution >= 0.6 is 23.2 Å². The Morgan fingerprint density at radius 3 is 2.26 bits per heavy atom. The maximum Gasteiger partial charge on any atom is 0.250 e. The molecule has 1 aliphatic rings. The molecule has 1 heterocycles. The lowest BCUT2D eigenvalue weighted by Crippen LogP contribution is -2.45. The minimum Gasteiger partial charge on any atom is -0.360 e. The van der Waals surface area contributed by atoms with E-state index in [9.17, 15) is 15.3 Å². The third kappa shape index (κ3) is 6.99. The number of rotatable bonds is 8. The SMILES string of the molecule is N#Cc1cccc(-c2ccc(C3(OCC(=O)Nc4cc(Cl)cc(Cl)c4)CCN(Cc4ccccc4C#N)CC3)cc2)c1. The first-order valence-corrected chi connectivity index (χ1v) is 14.3. The Hall–Kier alpha value is -4.17. The highest BCUT2D eigenvalue weighted by Crippen LogP contribution is 2.38. The number of anilines is 1. The van der Waals surface area contributed by atoms with Crippen molar-refractivity contribution in [2.75, 3.05) is 25.0 Å². The first kappa shape index (κ1) is 29.3. The van der Waals surface area contributed by atoms with Gasteiger partial charge < -0.3 is 10.1 Å². The Morgan fingerprint density at radius 1 is 0.857 bits per heavy atom. The Morgan fingerprint density at radius 2 is 1.57 bits per heavy atom. The predicted octanol–water partition coefficient (Wildman–Crippen LogP) is 7.55. The zero-order valence-corrected chi connectivity index (χ0v) is 24.3. The lowest BCUT2D eigenvalue weighted by atomic mass is 9.83. The first-order valence-electron chi connectivity index (χ1n) is 13.6. The Bertz CT molecular complexity index is 1650. The molecule has 1 saturated heterocycles. The molecule has 0 aromatic heterocycles. The predicted molar refractivity (Wildman–Crippen MR) is 165 cm³/mol. The number of nitriles is 2. The summed E-state index contributed by atoms with van der Waals surface area (Å²) in [4.78, 5) is 15.3. The summed E-state index contributed by atoms with van der Waals surface area (Å²) in [5.74, 6) is -0.303. The van der Waals surface area contributed by atoms with Crippen LogP contribution in [0.4, 0.5) is 5.69 Å². The quantitative estimate of drug-likeness (QED) is 0.227.